The average molecular weight is 246 g/mol. The fourth-order valence-corrected chi connectivity index (χ4v) is 1.99. The fraction of sp³-hybridized carbons (Fsp3) is 0.118. The number of H-pyrrole nitrogens is 1. The second-order valence-electron chi connectivity index (χ2n) is 4.42. The van der Waals surface area contributed by atoms with Gasteiger partial charge in [0.05, 0.1) is 5.69 Å². The molecule has 0 aliphatic heterocycles. The molecule has 3 aromatic rings. The minimum atomic E-state index is 0.883. The van der Waals surface area contributed by atoms with Crippen LogP contribution >= 0.6 is 0 Å². The number of nitrogens with zero attached hydrogens (tertiary/aromatic N) is 1. The molecule has 0 amide bonds. The van der Waals surface area contributed by atoms with E-state index in [0.717, 1.165) is 28.7 Å². The molecule has 2 heteroatoms. The van der Waals surface area contributed by atoms with Crippen LogP contribution in [0.2, 0.25) is 0 Å². The summed E-state index contributed by atoms with van der Waals surface area (Å²) in [7, 11) is 0. The van der Waals surface area contributed by atoms with Gasteiger partial charge in [-0.1, -0.05) is 25.0 Å². The monoisotopic (exact) mass is 246 g/mol. The minimum absolute atomic E-state index is 0.883. The summed E-state index contributed by atoms with van der Waals surface area (Å²) in [5.41, 5.74) is 4.14. The van der Waals surface area contributed by atoms with E-state index in [2.05, 4.69) is 53.0 Å². The van der Waals surface area contributed by atoms with Gasteiger partial charge in [0, 0.05) is 17.1 Å². The molecular formula is C17H14N2. The highest BCUT2D eigenvalue weighted by Crippen LogP contribution is 2.11. The predicted molar refractivity (Wildman–Crippen MR) is 77.9 cm³/mol. The minimum Gasteiger partial charge on any atom is -0.333 e. The van der Waals surface area contributed by atoms with Crippen LogP contribution in [0.4, 0.5) is 0 Å². The molecule has 0 saturated heterocycles. The topological polar surface area (TPSA) is 28.7 Å². The van der Waals surface area contributed by atoms with Crippen LogP contribution in [0.1, 0.15) is 23.7 Å². The number of pyridine rings is 1. The molecule has 3 rings (SSSR count). The first-order valence-corrected chi connectivity index (χ1v) is 6.40. The molecule has 2 heterocycles. The number of benzene rings is 1. The van der Waals surface area contributed by atoms with Crippen molar-refractivity contribution in [3.05, 3.63) is 65.5 Å². The maximum absolute atomic E-state index is 4.26. The van der Waals surface area contributed by atoms with Gasteiger partial charge < -0.3 is 4.98 Å². The van der Waals surface area contributed by atoms with Gasteiger partial charge in [0.15, 0.2) is 0 Å². The Labute approximate surface area is 112 Å². The Morgan fingerprint density at radius 2 is 1.95 bits per heavy atom. The SMILES string of the molecule is CCc1ccc(C#Cc2cc3cccnc3[nH]2)cc1. The van der Waals surface area contributed by atoms with Gasteiger partial charge in [-0.3, -0.25) is 0 Å². The Balaban J connectivity index is 1.89. The molecule has 0 spiro atoms. The fourth-order valence-electron chi connectivity index (χ4n) is 1.99. The number of aryl methyl sites for hydroxylation is 1. The van der Waals surface area contributed by atoms with Crippen LogP contribution in [-0.2, 0) is 6.42 Å². The summed E-state index contributed by atoms with van der Waals surface area (Å²) < 4.78 is 0. The van der Waals surface area contributed by atoms with Crippen molar-refractivity contribution >= 4 is 11.0 Å². The zero-order valence-corrected chi connectivity index (χ0v) is 10.8. The van der Waals surface area contributed by atoms with E-state index in [9.17, 15) is 0 Å². The predicted octanol–water partition coefficient (Wildman–Crippen LogP) is 3.53. The lowest BCUT2D eigenvalue weighted by Gasteiger charge is -1.94. The summed E-state index contributed by atoms with van der Waals surface area (Å²) in [4.78, 5) is 7.46. The largest absolute Gasteiger partial charge is 0.333 e. The number of aromatic amines is 1. The second kappa shape index (κ2) is 4.99. The van der Waals surface area contributed by atoms with Gasteiger partial charge >= 0.3 is 0 Å². The second-order valence-corrected chi connectivity index (χ2v) is 4.42. The third-order valence-electron chi connectivity index (χ3n) is 3.10. The molecule has 0 aliphatic rings. The van der Waals surface area contributed by atoms with Gasteiger partial charge in [0.2, 0.25) is 0 Å². The molecule has 19 heavy (non-hydrogen) atoms. The highest BCUT2D eigenvalue weighted by molar-refractivity contribution is 5.77. The van der Waals surface area contributed by atoms with E-state index in [1.165, 1.54) is 5.56 Å². The molecule has 92 valence electrons. The molecule has 2 aromatic heterocycles. The number of hydrogen-bond donors (Lipinski definition) is 1. The van der Waals surface area contributed by atoms with E-state index in [-0.39, 0.29) is 0 Å². The van der Waals surface area contributed by atoms with Crippen molar-refractivity contribution in [1.29, 1.82) is 0 Å². The lowest BCUT2D eigenvalue weighted by molar-refractivity contribution is 1.14. The van der Waals surface area contributed by atoms with Crippen LogP contribution < -0.4 is 0 Å². The van der Waals surface area contributed by atoms with Gasteiger partial charge in [-0.2, -0.15) is 0 Å². The van der Waals surface area contributed by atoms with Crippen molar-refractivity contribution < 1.29 is 0 Å². The normalized spacial score (nSPS) is 10.2. The van der Waals surface area contributed by atoms with Crippen LogP contribution in [-0.4, -0.2) is 9.97 Å². The Kier molecular flexibility index (Phi) is 3.04. The Bertz CT molecular complexity index is 722. The van der Waals surface area contributed by atoms with Crippen molar-refractivity contribution in [2.24, 2.45) is 0 Å². The quantitative estimate of drug-likeness (QED) is 0.654. The van der Waals surface area contributed by atoms with Gasteiger partial charge in [-0.15, -0.1) is 0 Å². The zero-order valence-electron chi connectivity index (χ0n) is 10.8. The van der Waals surface area contributed by atoms with E-state index in [4.69, 9.17) is 0 Å². The van der Waals surface area contributed by atoms with Gasteiger partial charge in [0.1, 0.15) is 5.65 Å². The molecule has 1 aromatic carbocycles. The molecule has 0 aliphatic carbocycles. The lowest BCUT2D eigenvalue weighted by Crippen LogP contribution is -1.80. The van der Waals surface area contributed by atoms with E-state index in [0.29, 0.717) is 0 Å². The third-order valence-corrected chi connectivity index (χ3v) is 3.10. The van der Waals surface area contributed by atoms with E-state index in [1.807, 2.05) is 18.2 Å². The van der Waals surface area contributed by atoms with Crippen molar-refractivity contribution in [2.75, 3.05) is 0 Å². The van der Waals surface area contributed by atoms with E-state index >= 15 is 0 Å². The summed E-state index contributed by atoms with van der Waals surface area (Å²) in [6, 6.07) is 14.3. The first-order chi connectivity index (χ1) is 9.35. The van der Waals surface area contributed by atoms with Gasteiger partial charge in [0.25, 0.3) is 0 Å². The van der Waals surface area contributed by atoms with E-state index in [1.54, 1.807) is 6.20 Å². The zero-order chi connectivity index (χ0) is 13.1. The highest BCUT2D eigenvalue weighted by atomic mass is 14.8. The smallest absolute Gasteiger partial charge is 0.138 e. The maximum atomic E-state index is 4.26. The van der Waals surface area contributed by atoms with Crippen LogP contribution in [0, 0.1) is 11.8 Å². The molecule has 2 nitrogen and oxygen atoms in total. The molecule has 0 atom stereocenters. The summed E-state index contributed by atoms with van der Waals surface area (Å²) in [6.07, 6.45) is 2.83. The van der Waals surface area contributed by atoms with Crippen molar-refractivity contribution in [1.82, 2.24) is 9.97 Å². The molecule has 0 saturated carbocycles. The Hall–Kier alpha value is -2.53. The molecule has 0 unspecified atom stereocenters. The Morgan fingerprint density at radius 3 is 2.68 bits per heavy atom. The van der Waals surface area contributed by atoms with Gasteiger partial charge in [-0.05, 0) is 48.2 Å². The maximum Gasteiger partial charge on any atom is 0.138 e. The van der Waals surface area contributed by atoms with E-state index < -0.39 is 0 Å². The number of fused-ring (bicyclic) bond motifs is 1. The molecule has 0 radical (unpaired) electrons. The molecule has 0 fully saturated rings. The molecule has 1 N–H and O–H groups in total. The third kappa shape index (κ3) is 2.51. The van der Waals surface area contributed by atoms with Crippen LogP contribution in [0.3, 0.4) is 0 Å². The van der Waals surface area contributed by atoms with Crippen LogP contribution in [0.5, 0.6) is 0 Å². The summed E-state index contributed by atoms with van der Waals surface area (Å²) in [5.74, 6) is 6.31. The molecule has 0 bridgehead atoms. The summed E-state index contributed by atoms with van der Waals surface area (Å²) >= 11 is 0. The summed E-state index contributed by atoms with van der Waals surface area (Å²) in [5, 5.41) is 1.09. The first-order valence-electron chi connectivity index (χ1n) is 6.40. The Morgan fingerprint density at radius 1 is 1.11 bits per heavy atom. The van der Waals surface area contributed by atoms with Crippen LogP contribution in [0.25, 0.3) is 11.0 Å². The lowest BCUT2D eigenvalue weighted by atomic mass is 10.1. The highest BCUT2D eigenvalue weighted by Gasteiger charge is 1.97. The summed E-state index contributed by atoms with van der Waals surface area (Å²) in [6.45, 7) is 2.15. The number of nitrogens with one attached hydrogen (secondary N) is 1. The molecular weight excluding hydrogens is 232 g/mol. The van der Waals surface area contributed by atoms with Crippen molar-refractivity contribution in [2.45, 2.75) is 13.3 Å². The van der Waals surface area contributed by atoms with Gasteiger partial charge in [-0.25, -0.2) is 4.98 Å². The van der Waals surface area contributed by atoms with Crippen LogP contribution in [0.15, 0.2) is 48.7 Å². The van der Waals surface area contributed by atoms with Crippen molar-refractivity contribution in [3.8, 4) is 11.8 Å². The number of hydrogen-bond acceptors (Lipinski definition) is 1. The number of aromatic nitrogens is 2. The first kappa shape index (κ1) is 11.6. The number of rotatable bonds is 1. The average Bonchev–Trinajstić information content (AvgIpc) is 2.88. The standard InChI is InChI=1S/C17H14N2/c1-2-13-5-7-14(8-6-13)9-10-16-12-15-4-3-11-18-17(15)19-16/h3-8,11-12H,2H2,1H3,(H,18,19). The van der Waals surface area contributed by atoms with Crippen molar-refractivity contribution in [3.63, 3.8) is 0 Å².